The molecule has 13 heteroatoms. The fourth-order valence-corrected chi connectivity index (χ4v) is 8.43. The van der Waals surface area contributed by atoms with Crippen LogP contribution in [0.4, 0.5) is 4.79 Å². The fourth-order valence-electron chi connectivity index (χ4n) is 8.43. The number of piperidine rings is 2. The lowest BCUT2D eigenvalue weighted by Crippen LogP contribution is -2.63. The second-order valence-electron chi connectivity index (χ2n) is 13.2. The maximum atomic E-state index is 13.9. The first kappa shape index (κ1) is 32.1. The Morgan fingerprint density at radius 3 is 2.78 bits per heavy atom. The zero-order valence-electron chi connectivity index (χ0n) is 26.6. The summed E-state index contributed by atoms with van der Waals surface area (Å²) in [7, 11) is 3.82. The molecule has 1 spiro atoms. The van der Waals surface area contributed by atoms with Crippen LogP contribution < -0.4 is 25.8 Å². The van der Waals surface area contributed by atoms with E-state index in [1.165, 1.54) is 16.0 Å². The van der Waals surface area contributed by atoms with E-state index in [1.807, 2.05) is 12.1 Å². The molecule has 1 unspecified atom stereocenters. The minimum atomic E-state index is -1.28. The molecule has 1 aromatic rings. The summed E-state index contributed by atoms with van der Waals surface area (Å²) in [5, 5.41) is 14.5. The molecule has 250 valence electrons. The highest BCUT2D eigenvalue weighted by Crippen LogP contribution is 2.63. The largest absolute Gasteiger partial charge is 0.493 e. The molecule has 3 aliphatic heterocycles. The van der Waals surface area contributed by atoms with Crippen molar-refractivity contribution >= 4 is 23.9 Å². The number of likely N-dealkylation sites (tertiary alicyclic amines) is 2. The molecule has 5 N–H and O–H groups in total. The summed E-state index contributed by atoms with van der Waals surface area (Å²) in [5.74, 6) is -0.279. The number of carbonyl (C=O) groups excluding carboxylic acids is 3. The summed E-state index contributed by atoms with van der Waals surface area (Å²) in [6, 6.07) is 3.51. The lowest BCUT2D eigenvalue weighted by Gasteiger charge is -2.56. The summed E-state index contributed by atoms with van der Waals surface area (Å²) in [4.78, 5) is 54.5. The van der Waals surface area contributed by atoms with Crippen LogP contribution in [0.25, 0.3) is 0 Å². The number of methoxy groups -OCH3 is 1. The molecule has 2 aliphatic carbocycles. The van der Waals surface area contributed by atoms with Crippen LogP contribution in [0.15, 0.2) is 24.0 Å². The monoisotopic (exact) mass is 639 g/mol. The van der Waals surface area contributed by atoms with Gasteiger partial charge in [0.05, 0.1) is 7.11 Å². The van der Waals surface area contributed by atoms with Crippen molar-refractivity contribution in [3.05, 3.63) is 35.1 Å². The molecule has 0 saturated carbocycles. The number of unbranched alkanes of at least 4 members (excludes halogenated alkanes) is 1. The molecular weight excluding hydrogens is 594 g/mol. The topological polar surface area (TPSA) is 173 Å². The van der Waals surface area contributed by atoms with Gasteiger partial charge in [-0.1, -0.05) is 6.07 Å². The summed E-state index contributed by atoms with van der Waals surface area (Å²) in [6.45, 7) is 1.73. The van der Waals surface area contributed by atoms with Gasteiger partial charge in [-0.15, -0.1) is 0 Å². The van der Waals surface area contributed by atoms with Crippen LogP contribution in [0, 0.1) is 5.92 Å². The molecule has 13 nitrogen and oxygen atoms in total. The summed E-state index contributed by atoms with van der Waals surface area (Å²) < 4.78 is 18.6. The molecule has 2 bridgehead atoms. The zero-order chi connectivity index (χ0) is 32.6. The molecule has 3 heterocycles. The lowest BCUT2D eigenvalue weighted by atomic mass is 9.53. The number of allylic oxidation sites excluding steroid dienone is 1. The number of aliphatic carboxylic acids is 1. The molecule has 2 saturated heterocycles. The van der Waals surface area contributed by atoms with E-state index < -0.39 is 48.6 Å². The van der Waals surface area contributed by atoms with Crippen LogP contribution in [-0.4, -0.2) is 96.9 Å². The van der Waals surface area contributed by atoms with Gasteiger partial charge in [0.2, 0.25) is 11.8 Å². The third-order valence-corrected chi connectivity index (χ3v) is 10.6. The highest BCUT2D eigenvalue weighted by atomic mass is 16.6. The van der Waals surface area contributed by atoms with Gasteiger partial charge in [0.1, 0.15) is 24.4 Å². The molecule has 0 aromatic heterocycles. The number of rotatable bonds is 11. The number of carbonyl (C=O) groups is 4. The van der Waals surface area contributed by atoms with Crippen LogP contribution in [0.2, 0.25) is 0 Å². The number of benzene rings is 1. The van der Waals surface area contributed by atoms with E-state index in [-0.39, 0.29) is 5.41 Å². The summed E-state index contributed by atoms with van der Waals surface area (Å²) in [6.07, 6.45) is 5.74. The van der Waals surface area contributed by atoms with Gasteiger partial charge in [0, 0.05) is 23.6 Å². The number of ether oxygens (including phenoxy) is 3. The summed E-state index contributed by atoms with van der Waals surface area (Å²) >= 11 is 0. The highest BCUT2D eigenvalue weighted by molar-refractivity contribution is 5.96. The number of nitrogens with zero attached hydrogens (tertiary/aromatic N) is 2. The van der Waals surface area contributed by atoms with Crippen molar-refractivity contribution < 1.29 is 38.5 Å². The average Bonchev–Trinajstić information content (AvgIpc) is 3.38. The third kappa shape index (κ3) is 5.68. The molecule has 3 amide bonds. The molecule has 5 aliphatic rings. The first-order valence-corrected chi connectivity index (χ1v) is 16.4. The highest BCUT2D eigenvalue weighted by Gasteiger charge is 2.65. The minimum absolute atomic E-state index is 0.295. The maximum absolute atomic E-state index is 13.9. The second kappa shape index (κ2) is 13.1. The second-order valence-corrected chi connectivity index (χ2v) is 13.2. The van der Waals surface area contributed by atoms with E-state index in [1.54, 1.807) is 7.11 Å². The molecule has 0 radical (unpaired) electrons. The standard InChI is InChI=1S/C33H45N5O8/c1-37-16-13-33-20-10-12-24(30(33)46-29-23(44-2)11-9-19(28(29)33)17-22(20)37)45-32(43)38-15-6-4-8-25(38)36-31(42)21(7-3-5-14-34)35-26(39)18-27(40)41/h9,11-12,20-22,25,30H,3-8,10,13-18,34H2,1-2H3,(H,35,39)(H,36,42)(H,40,41)/t20-,21-,22+,25?,30-,33-/m0/s1. The molecule has 1 aromatic carbocycles. The van der Waals surface area contributed by atoms with Gasteiger partial charge >= 0.3 is 12.1 Å². The lowest BCUT2D eigenvalue weighted by molar-refractivity contribution is -0.142. The van der Waals surface area contributed by atoms with E-state index in [4.69, 9.17) is 25.1 Å². The molecule has 2 fully saturated rings. The number of nitrogens with one attached hydrogen (secondary N) is 2. The normalized spacial score (nSPS) is 28.2. The zero-order valence-corrected chi connectivity index (χ0v) is 26.6. The van der Waals surface area contributed by atoms with E-state index in [9.17, 15) is 19.2 Å². The Bertz CT molecular complexity index is 1420. The Balaban J connectivity index is 1.20. The quantitative estimate of drug-likeness (QED) is 0.207. The van der Waals surface area contributed by atoms with Crippen LogP contribution in [0.1, 0.15) is 68.9 Å². The predicted molar refractivity (Wildman–Crippen MR) is 166 cm³/mol. The number of carboxylic acids is 1. The van der Waals surface area contributed by atoms with Gasteiger partial charge in [-0.3, -0.25) is 19.3 Å². The Morgan fingerprint density at radius 2 is 2.02 bits per heavy atom. The number of nitrogens with two attached hydrogens (primary N) is 1. The van der Waals surface area contributed by atoms with Crippen LogP contribution in [0.3, 0.4) is 0 Å². The van der Waals surface area contributed by atoms with Crippen molar-refractivity contribution in [2.75, 3.05) is 33.8 Å². The van der Waals surface area contributed by atoms with Crippen molar-refractivity contribution in [1.82, 2.24) is 20.4 Å². The Labute approximate surface area is 268 Å². The van der Waals surface area contributed by atoms with Gasteiger partial charge in [-0.2, -0.15) is 0 Å². The predicted octanol–water partition coefficient (Wildman–Crippen LogP) is 2.01. The summed E-state index contributed by atoms with van der Waals surface area (Å²) in [5.41, 5.74) is 7.75. The third-order valence-electron chi connectivity index (χ3n) is 10.6. The first-order valence-electron chi connectivity index (χ1n) is 16.4. The first-order chi connectivity index (χ1) is 22.2. The Morgan fingerprint density at radius 1 is 1.20 bits per heavy atom. The van der Waals surface area contributed by atoms with E-state index in [0.717, 1.165) is 44.4 Å². The Kier molecular flexibility index (Phi) is 9.15. The van der Waals surface area contributed by atoms with Crippen LogP contribution in [-0.2, 0) is 31.0 Å². The van der Waals surface area contributed by atoms with Gasteiger partial charge < -0.3 is 40.6 Å². The number of likely N-dealkylation sites (N-methyl/N-ethyl adjacent to an activating group) is 1. The number of carboxylic acid groups (broad SMARTS) is 1. The van der Waals surface area contributed by atoms with Crippen LogP contribution >= 0.6 is 0 Å². The molecule has 46 heavy (non-hydrogen) atoms. The van der Waals surface area contributed by atoms with Gasteiger partial charge in [0.25, 0.3) is 0 Å². The fraction of sp³-hybridized carbons (Fsp3) is 0.636. The van der Waals surface area contributed by atoms with E-state index >= 15 is 0 Å². The number of hydrogen-bond acceptors (Lipinski definition) is 9. The van der Waals surface area contributed by atoms with Crippen LogP contribution in [0.5, 0.6) is 11.5 Å². The minimum Gasteiger partial charge on any atom is -0.493 e. The molecule has 6 rings (SSSR count). The van der Waals surface area contributed by atoms with Crippen molar-refractivity contribution in [1.29, 1.82) is 0 Å². The van der Waals surface area contributed by atoms with Gasteiger partial charge in [-0.05, 0) is 102 Å². The van der Waals surface area contributed by atoms with Gasteiger partial charge in [-0.25, -0.2) is 4.79 Å². The smallest absolute Gasteiger partial charge is 0.416 e. The van der Waals surface area contributed by atoms with Crippen molar-refractivity contribution in [3.8, 4) is 11.5 Å². The van der Waals surface area contributed by atoms with Crippen molar-refractivity contribution in [2.24, 2.45) is 11.7 Å². The number of hydrogen-bond donors (Lipinski definition) is 4. The van der Waals surface area contributed by atoms with E-state index in [0.29, 0.717) is 62.2 Å². The van der Waals surface area contributed by atoms with E-state index in [2.05, 4.69) is 28.6 Å². The van der Waals surface area contributed by atoms with Crippen molar-refractivity contribution in [3.63, 3.8) is 0 Å². The molecular formula is C33H45N5O8. The molecule has 6 atom stereocenters. The SMILES string of the molecule is COc1ccc2c3c1O[C@H]1C(OC(=O)N4CCCCC4NC(=O)[C@H](CCCCN)NC(=O)CC(=O)O)=CC[C@H]4[C@@H](C2)N(C)CC[C@]314. The maximum Gasteiger partial charge on any atom is 0.416 e. The average molecular weight is 640 g/mol. The Hall–Kier alpha value is -3.84. The van der Waals surface area contributed by atoms with Gasteiger partial charge in [0.15, 0.2) is 17.6 Å². The number of amides is 3. The van der Waals surface area contributed by atoms with Crippen molar-refractivity contribution in [2.45, 2.75) is 94.0 Å².